The third kappa shape index (κ3) is 25.0. The summed E-state index contributed by atoms with van der Waals surface area (Å²) in [6, 6.07) is 0. The molecule has 1 aromatic rings. The highest BCUT2D eigenvalue weighted by Crippen LogP contribution is 2.63. The van der Waals surface area contributed by atoms with Crippen LogP contribution in [0.25, 0.3) is 0 Å². The zero-order chi connectivity index (χ0) is 81.9. The van der Waals surface area contributed by atoms with Gasteiger partial charge in [-0.15, -0.1) is 0 Å². The Labute approximate surface area is 577 Å². The topological polar surface area (TPSA) is 240 Å². The van der Waals surface area contributed by atoms with E-state index in [4.69, 9.17) is 23.7 Å². The standard InChI is InChI=1S/C16H14F6O6.C15H20F6O3.C15H23F3O5.C10H5F5O2.C7H9F3O2/c1-5(2)10(23)26-8-6-3-7-9(8)27-12(24)14(7,4-6)13(25)28-11(15(17,18)19)16(20,21)22;1-9(2)12(22)24-11(10-6-4-3-5-7-10)8-13(23,14(16,17)18)15(19,20)21;1-9(2)11(19)21-10(3)8-14(7,15(16,17)18)23-12(20)22-13(4,5)6;1-3(2)10(16)17-9-7(14)5(12)4(11)6(13)8(9)15;1-4(2)6(11)12-5(3)7(8,9)10/h6-9,11H,1,3-4H2,2H3;10-11,23H,1,3-8H2,2H3;10H,1,8H2,2-7H3;1H2,2H3;5H,1H2,2-3H3. The normalized spacial score (nSPS) is 20.3. The van der Waals surface area contributed by atoms with E-state index in [-0.39, 0.29) is 34.3 Å². The number of carbonyl (C=O) groups is 8. The van der Waals surface area contributed by atoms with Gasteiger partial charge in [-0.3, -0.25) is 9.59 Å². The van der Waals surface area contributed by atoms with E-state index in [1.165, 1.54) is 55.4 Å². The van der Waals surface area contributed by atoms with Crippen LogP contribution in [0.1, 0.15) is 134 Å². The Morgan fingerprint density at radius 2 is 0.952 bits per heavy atom. The van der Waals surface area contributed by atoms with Gasteiger partial charge < -0.3 is 47.7 Å². The van der Waals surface area contributed by atoms with Crippen molar-refractivity contribution in [2.45, 2.75) is 224 Å². The molecular weight excluding hydrogens is 1480 g/mol. The lowest BCUT2D eigenvalue weighted by atomic mass is 9.73. The molecule has 18 nitrogen and oxygen atoms in total. The van der Waals surface area contributed by atoms with Crippen molar-refractivity contribution in [3.8, 4) is 5.75 Å². The summed E-state index contributed by atoms with van der Waals surface area (Å²) >= 11 is 0. The van der Waals surface area contributed by atoms with Crippen LogP contribution in [0.4, 0.5) is 106 Å². The minimum Gasteiger partial charge on any atom is -0.459 e. The van der Waals surface area contributed by atoms with Crippen molar-refractivity contribution in [1.29, 1.82) is 0 Å². The van der Waals surface area contributed by atoms with Gasteiger partial charge in [0.2, 0.25) is 40.4 Å². The molecule has 0 spiro atoms. The summed E-state index contributed by atoms with van der Waals surface area (Å²) in [6.07, 6.45) is -46.1. The third-order valence-electron chi connectivity index (χ3n) is 15.0. The third-order valence-corrected chi connectivity index (χ3v) is 15.0. The van der Waals surface area contributed by atoms with E-state index in [1.54, 1.807) is 0 Å². The highest BCUT2D eigenvalue weighted by Gasteiger charge is 2.77. The predicted octanol–water partition coefficient (Wildman–Crippen LogP) is 15.8. The number of fused-ring (bicyclic) bond motifs is 1. The summed E-state index contributed by atoms with van der Waals surface area (Å²) in [5, 5.41) is 9.37. The first-order valence-electron chi connectivity index (χ1n) is 29.9. The minimum atomic E-state index is -5.94. The first-order valence-corrected chi connectivity index (χ1v) is 29.9. The van der Waals surface area contributed by atoms with Gasteiger partial charge in [-0.1, -0.05) is 52.2 Å². The number of hydrogen-bond acceptors (Lipinski definition) is 18. The van der Waals surface area contributed by atoms with E-state index < -0.39 is 216 Å². The second-order valence-corrected chi connectivity index (χ2v) is 25.3. The molecule has 0 amide bonds. The number of alkyl halides is 18. The van der Waals surface area contributed by atoms with Gasteiger partial charge in [0.1, 0.15) is 30.0 Å². The monoisotopic (exact) mass is 1550 g/mol. The molecule has 2 bridgehead atoms. The first kappa shape index (κ1) is 93.8. The van der Waals surface area contributed by atoms with Crippen molar-refractivity contribution >= 4 is 47.9 Å². The van der Waals surface area contributed by atoms with E-state index in [9.17, 15) is 144 Å². The van der Waals surface area contributed by atoms with E-state index in [0.29, 0.717) is 32.6 Å². The molecule has 3 saturated carbocycles. The number of carbonyl (C=O) groups excluding carboxylic acids is 8. The summed E-state index contributed by atoms with van der Waals surface area (Å²) in [4.78, 5) is 92.3. The molecule has 3 aliphatic carbocycles. The summed E-state index contributed by atoms with van der Waals surface area (Å²) in [5.74, 6) is -23.3. The van der Waals surface area contributed by atoms with Gasteiger partial charge in [0, 0.05) is 52.5 Å². The van der Waals surface area contributed by atoms with Crippen molar-refractivity contribution < 1.29 is 187 Å². The van der Waals surface area contributed by atoms with Gasteiger partial charge in [-0.25, -0.2) is 41.9 Å². The van der Waals surface area contributed by atoms with Gasteiger partial charge in [0.05, 0.1) is 0 Å². The zero-order valence-corrected chi connectivity index (χ0v) is 56.7. The van der Waals surface area contributed by atoms with E-state index in [2.05, 4.69) is 51.8 Å². The van der Waals surface area contributed by atoms with E-state index in [0.717, 1.165) is 20.3 Å². The van der Waals surface area contributed by atoms with E-state index >= 15 is 0 Å². The predicted molar refractivity (Wildman–Crippen MR) is 308 cm³/mol. The summed E-state index contributed by atoms with van der Waals surface area (Å²) in [5.41, 5.74) is -11.4. The molecule has 1 N–H and O–H groups in total. The zero-order valence-electron chi connectivity index (χ0n) is 56.7. The molecule has 4 fully saturated rings. The Morgan fingerprint density at radius 1 is 0.538 bits per heavy atom. The Bertz CT molecular complexity index is 3300. The minimum absolute atomic E-state index is 0.0499. The van der Waals surface area contributed by atoms with E-state index in [1.807, 2.05) is 0 Å². The Morgan fingerprint density at radius 3 is 1.34 bits per heavy atom. The molecule has 9 atom stereocenters. The molecule has 41 heteroatoms. The largest absolute Gasteiger partial charge is 0.509 e. The van der Waals surface area contributed by atoms with Crippen LogP contribution in [-0.4, -0.2) is 144 Å². The number of halogens is 23. The molecule has 5 rings (SSSR count). The molecule has 0 aromatic heterocycles. The van der Waals surface area contributed by atoms with Crippen molar-refractivity contribution in [1.82, 2.24) is 0 Å². The summed E-state index contributed by atoms with van der Waals surface area (Å²) in [6.45, 7) is 29.9. The van der Waals surface area contributed by atoms with Crippen LogP contribution in [0.15, 0.2) is 60.8 Å². The van der Waals surface area contributed by atoms with Crippen molar-refractivity contribution in [2.24, 2.45) is 23.2 Å². The lowest BCUT2D eigenvalue weighted by molar-refractivity contribution is -0.375. The lowest BCUT2D eigenvalue weighted by Gasteiger charge is -2.38. The van der Waals surface area contributed by atoms with Gasteiger partial charge >= 0.3 is 85.0 Å². The molecule has 4 aliphatic rings. The van der Waals surface area contributed by atoms with Crippen molar-refractivity contribution in [3.63, 3.8) is 0 Å². The van der Waals surface area contributed by atoms with Crippen LogP contribution in [0.2, 0.25) is 0 Å². The molecular formula is C63H71F23O18. The number of ether oxygens (including phenoxy) is 9. The van der Waals surface area contributed by atoms with Crippen molar-refractivity contribution in [3.05, 3.63) is 89.8 Å². The molecule has 9 unspecified atom stereocenters. The maximum atomic E-state index is 13.3. The van der Waals surface area contributed by atoms with Gasteiger partial charge in [0.15, 0.2) is 11.5 Å². The quantitative estimate of drug-likeness (QED) is 0.0210. The number of rotatable bonds is 18. The smallest absolute Gasteiger partial charge is 0.459 e. The Kier molecular flexibility index (Phi) is 31.8. The Balaban J connectivity index is 0.000000666. The number of benzene rings is 1. The van der Waals surface area contributed by atoms with Gasteiger partial charge in [-0.2, -0.15) is 87.8 Å². The highest BCUT2D eigenvalue weighted by atomic mass is 19.4. The molecule has 1 aromatic carbocycles. The van der Waals surface area contributed by atoms with Crippen LogP contribution in [0.3, 0.4) is 0 Å². The van der Waals surface area contributed by atoms with Gasteiger partial charge in [-0.05, 0) is 108 Å². The Hall–Kier alpha value is -8.17. The number of hydrogen-bond donors (Lipinski definition) is 1. The first-order chi connectivity index (χ1) is 46.6. The highest BCUT2D eigenvalue weighted by molar-refractivity contribution is 6.03. The van der Waals surface area contributed by atoms with Crippen LogP contribution >= 0.6 is 0 Å². The lowest BCUT2D eigenvalue weighted by Crippen LogP contribution is -2.59. The van der Waals surface area contributed by atoms with Crippen LogP contribution in [0.5, 0.6) is 5.75 Å². The molecule has 1 aliphatic heterocycles. The molecule has 104 heavy (non-hydrogen) atoms. The average Bonchev–Trinajstić information content (AvgIpc) is 1.53. The summed E-state index contributed by atoms with van der Waals surface area (Å²) in [7, 11) is 0. The van der Waals surface area contributed by atoms with Crippen molar-refractivity contribution in [2.75, 3.05) is 0 Å². The molecule has 592 valence electrons. The van der Waals surface area contributed by atoms with Crippen LogP contribution in [-0.2, 0) is 71.5 Å². The molecule has 0 radical (unpaired) electrons. The fourth-order valence-corrected chi connectivity index (χ4v) is 9.64. The fraction of sp³-hybridized carbons (Fsp3) is 0.619. The second kappa shape index (κ2) is 35.3. The van der Waals surface area contributed by atoms with Gasteiger partial charge in [0.25, 0.3) is 11.7 Å². The maximum Gasteiger partial charge on any atom is 0.509 e. The molecule has 1 saturated heterocycles. The number of aliphatic hydroxyl groups is 1. The number of esters is 7. The van der Waals surface area contributed by atoms with Crippen LogP contribution in [0, 0.1) is 52.3 Å². The SMILES string of the molecule is C=C(C)C(=O)OC(C)C(F)(F)F.C=C(C)C(=O)OC(C)CC(C)(OC(=O)OC(C)(C)C)C(F)(F)F.C=C(C)C(=O)OC(CC(O)(C(F)(F)F)C(F)(F)F)C1CCCCC1.C=C(C)C(=O)OC1C2CC3C1OC(=O)C3(C(=O)OC(C(F)(F)F)C(F)(F)F)C2.C=C(C)C(=O)Oc1c(F)c(F)c(F)c(F)c1F. The average molecular weight is 1550 g/mol. The maximum absolute atomic E-state index is 13.3. The van der Waals surface area contributed by atoms with Crippen LogP contribution < -0.4 is 4.74 Å². The molecule has 1 heterocycles. The summed E-state index contributed by atoms with van der Waals surface area (Å²) < 4.78 is 333. The second-order valence-electron chi connectivity index (χ2n) is 25.3. The fourth-order valence-electron chi connectivity index (χ4n) is 9.64.